The van der Waals surface area contributed by atoms with Gasteiger partial charge in [-0.05, 0) is 0 Å². The van der Waals surface area contributed by atoms with Crippen molar-refractivity contribution in [2.45, 2.75) is 12.5 Å². The average molecular weight is 205 g/mol. The lowest BCUT2D eigenvalue weighted by atomic mass is 10.4. The molecule has 1 heterocycles. The van der Waals surface area contributed by atoms with Gasteiger partial charge in [0.2, 0.25) is 5.91 Å². The Balaban J connectivity index is 2.01. The number of ether oxygens (including phenoxy) is 4. The van der Waals surface area contributed by atoms with Gasteiger partial charge in [-0.3, -0.25) is 4.79 Å². The van der Waals surface area contributed by atoms with Crippen molar-refractivity contribution in [3.63, 3.8) is 0 Å². The van der Waals surface area contributed by atoms with Crippen molar-refractivity contribution in [1.82, 2.24) is 0 Å². The van der Waals surface area contributed by atoms with E-state index in [4.69, 9.17) is 24.7 Å². The molecule has 1 fully saturated rings. The topological polar surface area (TPSA) is 80.0 Å². The van der Waals surface area contributed by atoms with Gasteiger partial charge in [0.15, 0.2) is 0 Å². The molecule has 0 saturated carbocycles. The molecule has 2 N–H and O–H groups in total. The number of primary amides is 1. The van der Waals surface area contributed by atoms with E-state index >= 15 is 0 Å². The molecule has 0 aromatic rings. The summed E-state index contributed by atoms with van der Waals surface area (Å²) in [5.74, 6) is -0.369. The maximum absolute atomic E-state index is 10.4. The number of carbonyl (C=O) groups excluding carboxylic acids is 1. The molecule has 1 rings (SSSR count). The van der Waals surface area contributed by atoms with E-state index in [0.29, 0.717) is 19.8 Å². The van der Waals surface area contributed by atoms with Crippen molar-refractivity contribution in [3.8, 4) is 0 Å². The van der Waals surface area contributed by atoms with Crippen molar-refractivity contribution in [2.75, 3.05) is 33.4 Å². The van der Waals surface area contributed by atoms with E-state index < -0.39 is 0 Å². The van der Waals surface area contributed by atoms with Crippen LogP contribution in [0.4, 0.5) is 0 Å². The SMILES string of the molecule is NC(=O)CCOCC1COCOCO1. The van der Waals surface area contributed by atoms with Crippen LogP contribution in [0.2, 0.25) is 0 Å². The molecule has 1 aliphatic rings. The van der Waals surface area contributed by atoms with Gasteiger partial charge in [-0.2, -0.15) is 0 Å². The summed E-state index contributed by atoms with van der Waals surface area (Å²) in [4.78, 5) is 10.4. The molecule has 1 unspecified atom stereocenters. The summed E-state index contributed by atoms with van der Waals surface area (Å²) in [6.07, 6.45) is 0.0924. The fourth-order valence-corrected chi connectivity index (χ4v) is 0.949. The van der Waals surface area contributed by atoms with Gasteiger partial charge < -0.3 is 24.7 Å². The first-order valence-corrected chi connectivity index (χ1v) is 4.42. The van der Waals surface area contributed by atoms with Gasteiger partial charge in [0, 0.05) is 6.42 Å². The second-order valence-electron chi connectivity index (χ2n) is 2.89. The minimum atomic E-state index is -0.369. The maximum Gasteiger partial charge on any atom is 0.219 e. The quantitative estimate of drug-likeness (QED) is 0.596. The van der Waals surface area contributed by atoms with Gasteiger partial charge in [0.1, 0.15) is 19.7 Å². The second-order valence-corrected chi connectivity index (χ2v) is 2.89. The number of carbonyl (C=O) groups is 1. The number of hydrogen-bond acceptors (Lipinski definition) is 5. The van der Waals surface area contributed by atoms with E-state index in [1.165, 1.54) is 0 Å². The van der Waals surface area contributed by atoms with Crippen LogP contribution < -0.4 is 5.73 Å². The third kappa shape index (κ3) is 5.13. The molecule has 1 saturated heterocycles. The molecule has 1 atom stereocenters. The second kappa shape index (κ2) is 6.72. The standard InChI is InChI=1S/C8H15NO5/c9-8(10)1-2-11-3-7-4-12-5-13-6-14-7/h7H,1-6H2,(H2,9,10). The third-order valence-corrected chi connectivity index (χ3v) is 1.65. The van der Waals surface area contributed by atoms with Gasteiger partial charge in [0.05, 0.1) is 19.8 Å². The van der Waals surface area contributed by atoms with Crippen LogP contribution in [-0.2, 0) is 23.7 Å². The van der Waals surface area contributed by atoms with E-state index in [2.05, 4.69) is 0 Å². The molecule has 0 radical (unpaired) electrons. The van der Waals surface area contributed by atoms with Gasteiger partial charge in [-0.15, -0.1) is 0 Å². The highest BCUT2D eigenvalue weighted by Crippen LogP contribution is 2.00. The predicted octanol–water partition coefficient (Wildman–Crippen LogP) is -0.775. The summed E-state index contributed by atoms with van der Waals surface area (Å²) < 4.78 is 20.4. The van der Waals surface area contributed by atoms with E-state index in [1.54, 1.807) is 0 Å². The first kappa shape index (κ1) is 11.4. The Bertz CT molecular complexity index is 167. The van der Waals surface area contributed by atoms with Crippen molar-refractivity contribution >= 4 is 5.91 Å². The summed E-state index contributed by atoms with van der Waals surface area (Å²) in [7, 11) is 0. The molecule has 82 valence electrons. The van der Waals surface area contributed by atoms with E-state index in [1.807, 2.05) is 0 Å². The summed E-state index contributed by atoms with van der Waals surface area (Å²) in [5, 5.41) is 0. The zero-order valence-corrected chi connectivity index (χ0v) is 7.94. The summed E-state index contributed by atoms with van der Waals surface area (Å²) >= 11 is 0. The Labute approximate surface area is 82.2 Å². The molecule has 6 nitrogen and oxygen atoms in total. The number of amides is 1. The van der Waals surface area contributed by atoms with Crippen LogP contribution in [0, 0.1) is 0 Å². The van der Waals surface area contributed by atoms with E-state index in [-0.39, 0.29) is 32.0 Å². The minimum absolute atomic E-state index is 0.134. The first-order valence-electron chi connectivity index (χ1n) is 4.42. The summed E-state index contributed by atoms with van der Waals surface area (Å²) in [6.45, 7) is 1.60. The van der Waals surface area contributed by atoms with Crippen LogP contribution in [-0.4, -0.2) is 45.4 Å². The van der Waals surface area contributed by atoms with Gasteiger partial charge in [-0.25, -0.2) is 0 Å². The van der Waals surface area contributed by atoms with E-state index in [0.717, 1.165) is 0 Å². The van der Waals surface area contributed by atoms with Crippen molar-refractivity contribution < 1.29 is 23.7 Å². The lowest BCUT2D eigenvalue weighted by molar-refractivity contribution is -0.120. The lowest BCUT2D eigenvalue weighted by Crippen LogP contribution is -2.25. The highest BCUT2D eigenvalue weighted by Gasteiger charge is 2.13. The molecule has 0 aromatic heterocycles. The van der Waals surface area contributed by atoms with Crippen LogP contribution in [0.15, 0.2) is 0 Å². The predicted molar refractivity (Wildman–Crippen MR) is 46.3 cm³/mol. The van der Waals surface area contributed by atoms with Crippen molar-refractivity contribution in [2.24, 2.45) is 5.73 Å². The summed E-state index contributed by atoms with van der Waals surface area (Å²) in [6, 6.07) is 0. The highest BCUT2D eigenvalue weighted by molar-refractivity contribution is 5.73. The third-order valence-electron chi connectivity index (χ3n) is 1.65. The number of hydrogen-bond donors (Lipinski definition) is 1. The molecule has 0 aromatic carbocycles. The Morgan fingerprint density at radius 3 is 3.07 bits per heavy atom. The maximum atomic E-state index is 10.4. The normalized spacial score (nSPS) is 23.0. The average Bonchev–Trinajstić information content (AvgIpc) is 2.40. The van der Waals surface area contributed by atoms with Crippen LogP contribution >= 0.6 is 0 Å². The minimum Gasteiger partial charge on any atom is -0.378 e. The van der Waals surface area contributed by atoms with Crippen LogP contribution in [0.5, 0.6) is 0 Å². The molecule has 0 bridgehead atoms. The molecular weight excluding hydrogens is 190 g/mol. The Morgan fingerprint density at radius 2 is 2.29 bits per heavy atom. The number of nitrogens with two attached hydrogens (primary N) is 1. The molecule has 14 heavy (non-hydrogen) atoms. The molecule has 1 aliphatic heterocycles. The lowest BCUT2D eigenvalue weighted by Gasteiger charge is -2.12. The number of rotatable bonds is 5. The monoisotopic (exact) mass is 205 g/mol. The smallest absolute Gasteiger partial charge is 0.219 e. The van der Waals surface area contributed by atoms with Crippen molar-refractivity contribution in [1.29, 1.82) is 0 Å². The van der Waals surface area contributed by atoms with Crippen LogP contribution in [0.3, 0.4) is 0 Å². The first-order chi connectivity index (χ1) is 6.79. The zero-order valence-electron chi connectivity index (χ0n) is 7.94. The molecule has 0 aliphatic carbocycles. The molecular formula is C8H15NO5. The van der Waals surface area contributed by atoms with E-state index in [9.17, 15) is 4.79 Å². The van der Waals surface area contributed by atoms with Crippen LogP contribution in [0.1, 0.15) is 6.42 Å². The van der Waals surface area contributed by atoms with Crippen LogP contribution in [0.25, 0.3) is 0 Å². The largest absolute Gasteiger partial charge is 0.378 e. The molecule has 1 amide bonds. The van der Waals surface area contributed by atoms with Gasteiger partial charge in [0.25, 0.3) is 0 Å². The fourth-order valence-electron chi connectivity index (χ4n) is 0.949. The Morgan fingerprint density at radius 1 is 1.43 bits per heavy atom. The molecule has 6 heteroatoms. The Hall–Kier alpha value is -0.690. The molecule has 0 spiro atoms. The summed E-state index contributed by atoms with van der Waals surface area (Å²) in [5.41, 5.74) is 4.94. The zero-order chi connectivity index (χ0) is 10.2. The van der Waals surface area contributed by atoms with Gasteiger partial charge >= 0.3 is 0 Å². The fraction of sp³-hybridized carbons (Fsp3) is 0.875. The van der Waals surface area contributed by atoms with Crippen molar-refractivity contribution in [3.05, 3.63) is 0 Å². The van der Waals surface area contributed by atoms with Gasteiger partial charge in [-0.1, -0.05) is 0 Å². The highest BCUT2D eigenvalue weighted by atomic mass is 16.8. The Kier molecular flexibility index (Phi) is 5.46.